The van der Waals surface area contributed by atoms with Crippen LogP contribution in [0.15, 0.2) is 11.1 Å². The van der Waals surface area contributed by atoms with E-state index < -0.39 is 0 Å². The smallest absolute Gasteiger partial charge is 0.262 e. The van der Waals surface area contributed by atoms with Crippen LogP contribution in [0.25, 0.3) is 10.2 Å². The first-order chi connectivity index (χ1) is 13.8. The molecule has 0 spiro atoms. The summed E-state index contributed by atoms with van der Waals surface area (Å²) in [5, 5.41) is 18.9. The topological polar surface area (TPSA) is 95.7 Å². The third-order valence-electron chi connectivity index (χ3n) is 5.92. The van der Waals surface area contributed by atoms with Crippen LogP contribution in [0.2, 0.25) is 0 Å². The normalized spacial score (nSPS) is 16.8. The van der Waals surface area contributed by atoms with Crippen LogP contribution in [-0.4, -0.2) is 56.9 Å². The third kappa shape index (κ3) is 4.70. The predicted octanol–water partition coefficient (Wildman–Crippen LogP) is 1.81. The van der Waals surface area contributed by atoms with Gasteiger partial charge in [-0.2, -0.15) is 0 Å². The Labute approximate surface area is 175 Å². The Bertz CT molecular complexity index is 922. The van der Waals surface area contributed by atoms with Crippen LogP contribution in [0.5, 0.6) is 0 Å². The van der Waals surface area contributed by atoms with Gasteiger partial charge in [-0.15, -0.1) is 11.3 Å². The van der Waals surface area contributed by atoms with Crippen molar-refractivity contribution in [2.24, 2.45) is 11.3 Å². The number of fused-ring (bicyclic) bond motifs is 3. The Kier molecular flexibility index (Phi) is 6.76. The third-order valence-corrected chi connectivity index (χ3v) is 7.08. The first kappa shape index (κ1) is 21.9. The second-order valence-electron chi connectivity index (χ2n) is 8.81. The summed E-state index contributed by atoms with van der Waals surface area (Å²) in [6, 6.07) is 0. The summed E-state index contributed by atoms with van der Waals surface area (Å²) in [5.41, 5.74) is 1.31. The van der Waals surface area contributed by atoms with E-state index in [-0.39, 0.29) is 56.2 Å². The summed E-state index contributed by atoms with van der Waals surface area (Å²) in [4.78, 5) is 33.4. The quantitative estimate of drug-likeness (QED) is 0.711. The average molecular weight is 422 g/mol. The molecule has 1 atom stereocenters. The second kappa shape index (κ2) is 8.93. The Morgan fingerprint density at radius 1 is 1.31 bits per heavy atom. The van der Waals surface area contributed by atoms with Gasteiger partial charge in [0.05, 0.1) is 24.9 Å². The Hall–Kier alpha value is -1.77. The number of carbonyl (C=O) groups excluding carboxylic acids is 1. The fourth-order valence-electron chi connectivity index (χ4n) is 4.08. The van der Waals surface area contributed by atoms with E-state index in [1.165, 1.54) is 20.7 Å². The van der Waals surface area contributed by atoms with Crippen molar-refractivity contribution in [1.29, 1.82) is 0 Å². The van der Waals surface area contributed by atoms with Gasteiger partial charge in [0.15, 0.2) is 0 Å². The van der Waals surface area contributed by atoms with Crippen molar-refractivity contribution in [3.8, 4) is 0 Å². The first-order valence-corrected chi connectivity index (χ1v) is 11.1. The number of aliphatic hydroxyl groups excluding tert-OH is 2. The molecule has 7 nitrogen and oxygen atoms in total. The molecule has 0 saturated carbocycles. The zero-order chi connectivity index (χ0) is 21.2. The number of amides is 1. The summed E-state index contributed by atoms with van der Waals surface area (Å²) < 4.78 is 1.51. The van der Waals surface area contributed by atoms with E-state index in [0.717, 1.165) is 35.0 Å². The van der Waals surface area contributed by atoms with Crippen molar-refractivity contribution in [3.05, 3.63) is 27.1 Å². The largest absolute Gasteiger partial charge is 0.395 e. The molecule has 1 amide bonds. The van der Waals surface area contributed by atoms with Crippen molar-refractivity contribution in [2.45, 2.75) is 53.0 Å². The molecule has 1 unspecified atom stereocenters. The molecular weight excluding hydrogens is 390 g/mol. The number of aryl methyl sites for hydroxylation is 2. The van der Waals surface area contributed by atoms with Gasteiger partial charge in [-0.3, -0.25) is 14.2 Å². The number of aromatic nitrogens is 2. The molecule has 8 heteroatoms. The molecule has 0 aromatic carbocycles. The molecule has 3 rings (SSSR count). The lowest BCUT2D eigenvalue weighted by atomic mass is 9.72. The van der Waals surface area contributed by atoms with Crippen LogP contribution in [0.4, 0.5) is 0 Å². The molecule has 160 valence electrons. The van der Waals surface area contributed by atoms with E-state index >= 15 is 0 Å². The van der Waals surface area contributed by atoms with E-state index in [1.54, 1.807) is 11.3 Å². The summed E-state index contributed by atoms with van der Waals surface area (Å²) >= 11 is 1.63. The zero-order valence-corrected chi connectivity index (χ0v) is 18.3. The maximum absolute atomic E-state index is 13.1. The highest BCUT2D eigenvalue weighted by atomic mass is 32.1. The van der Waals surface area contributed by atoms with Gasteiger partial charge in [0, 0.05) is 30.9 Å². The maximum Gasteiger partial charge on any atom is 0.262 e. The summed E-state index contributed by atoms with van der Waals surface area (Å²) in [7, 11) is 0. The minimum Gasteiger partial charge on any atom is -0.395 e. The predicted molar refractivity (Wildman–Crippen MR) is 114 cm³/mol. The summed E-state index contributed by atoms with van der Waals surface area (Å²) in [5.74, 6) is 0.410. The number of thiophene rings is 1. The van der Waals surface area contributed by atoms with Gasteiger partial charge in [-0.25, -0.2) is 4.98 Å². The molecule has 2 heterocycles. The lowest BCUT2D eigenvalue weighted by Crippen LogP contribution is -2.36. The highest BCUT2D eigenvalue weighted by molar-refractivity contribution is 7.18. The molecule has 0 radical (unpaired) electrons. The van der Waals surface area contributed by atoms with Crippen LogP contribution < -0.4 is 5.56 Å². The number of rotatable bonds is 7. The highest BCUT2D eigenvalue weighted by Gasteiger charge is 2.31. The number of aliphatic hydroxyl groups is 2. The molecule has 0 saturated heterocycles. The SMILES string of the molecule is CC(C)(C)C1CCc2c(sc3ncn(CCC(=O)N(CCO)CCO)c(=O)c23)C1. The van der Waals surface area contributed by atoms with Crippen molar-refractivity contribution in [3.63, 3.8) is 0 Å². The van der Waals surface area contributed by atoms with Crippen molar-refractivity contribution >= 4 is 27.5 Å². The van der Waals surface area contributed by atoms with Crippen molar-refractivity contribution < 1.29 is 15.0 Å². The van der Waals surface area contributed by atoms with Crippen molar-refractivity contribution in [1.82, 2.24) is 14.5 Å². The van der Waals surface area contributed by atoms with Gasteiger partial charge in [0.25, 0.3) is 5.56 Å². The van der Waals surface area contributed by atoms with Crippen LogP contribution in [-0.2, 0) is 24.2 Å². The molecule has 1 aliphatic carbocycles. The highest BCUT2D eigenvalue weighted by Crippen LogP contribution is 2.41. The Morgan fingerprint density at radius 3 is 2.62 bits per heavy atom. The van der Waals surface area contributed by atoms with Gasteiger partial charge in [0.2, 0.25) is 5.91 Å². The second-order valence-corrected chi connectivity index (χ2v) is 9.89. The van der Waals surface area contributed by atoms with Gasteiger partial charge in [-0.05, 0) is 36.2 Å². The molecular formula is C21H31N3O4S. The minimum absolute atomic E-state index is 0.0784. The molecule has 0 bridgehead atoms. The molecule has 2 N–H and O–H groups in total. The van der Waals surface area contributed by atoms with Crippen LogP contribution in [0.3, 0.4) is 0 Å². The average Bonchev–Trinajstić information content (AvgIpc) is 3.05. The van der Waals surface area contributed by atoms with E-state index in [1.807, 2.05) is 0 Å². The number of nitrogens with zero attached hydrogens (tertiary/aromatic N) is 3. The fraction of sp³-hybridized carbons (Fsp3) is 0.667. The standard InChI is InChI=1S/C21H31N3O4S/c1-21(2,3)14-4-5-15-16(12-14)29-19-18(15)20(28)24(13-22-19)7-6-17(27)23(8-10-25)9-11-26/h13-14,25-26H,4-12H2,1-3H3. The molecule has 0 fully saturated rings. The van der Waals surface area contributed by atoms with Crippen LogP contribution in [0, 0.1) is 11.3 Å². The fourth-order valence-corrected chi connectivity index (χ4v) is 5.33. The van der Waals surface area contributed by atoms with Crippen molar-refractivity contribution in [2.75, 3.05) is 26.3 Å². The van der Waals surface area contributed by atoms with Gasteiger partial charge >= 0.3 is 0 Å². The Balaban J connectivity index is 1.81. The van der Waals surface area contributed by atoms with E-state index in [9.17, 15) is 9.59 Å². The lowest BCUT2D eigenvalue weighted by molar-refractivity contribution is -0.132. The van der Waals surface area contributed by atoms with Crippen LogP contribution in [0.1, 0.15) is 44.1 Å². The first-order valence-electron chi connectivity index (χ1n) is 10.3. The van der Waals surface area contributed by atoms with Gasteiger partial charge < -0.3 is 15.1 Å². The lowest BCUT2D eigenvalue weighted by Gasteiger charge is -2.33. The zero-order valence-electron chi connectivity index (χ0n) is 17.5. The summed E-state index contributed by atoms with van der Waals surface area (Å²) in [6.07, 6.45) is 4.63. The minimum atomic E-state index is -0.194. The Morgan fingerprint density at radius 2 is 2.00 bits per heavy atom. The van der Waals surface area contributed by atoms with E-state index in [0.29, 0.717) is 5.92 Å². The number of hydrogen-bond acceptors (Lipinski definition) is 6. The molecule has 29 heavy (non-hydrogen) atoms. The van der Waals surface area contributed by atoms with Crippen LogP contribution >= 0.6 is 11.3 Å². The molecule has 1 aliphatic rings. The molecule has 0 aliphatic heterocycles. The van der Waals surface area contributed by atoms with E-state index in [2.05, 4.69) is 25.8 Å². The molecule has 2 aromatic rings. The molecule has 2 aromatic heterocycles. The van der Waals surface area contributed by atoms with E-state index in [4.69, 9.17) is 10.2 Å². The van der Waals surface area contributed by atoms with Gasteiger partial charge in [-0.1, -0.05) is 20.8 Å². The number of hydrogen-bond donors (Lipinski definition) is 2. The maximum atomic E-state index is 13.1. The summed E-state index contributed by atoms with van der Waals surface area (Å²) in [6.45, 7) is 7.10. The number of carbonyl (C=O) groups is 1. The monoisotopic (exact) mass is 421 g/mol. The van der Waals surface area contributed by atoms with Gasteiger partial charge in [0.1, 0.15) is 4.83 Å².